The fourth-order valence-corrected chi connectivity index (χ4v) is 2.40. The molecule has 0 radical (unpaired) electrons. The molecule has 0 saturated carbocycles. The van der Waals surface area contributed by atoms with Gasteiger partial charge < -0.3 is 10.1 Å². The Morgan fingerprint density at radius 2 is 2.22 bits per heavy atom. The van der Waals surface area contributed by atoms with Crippen molar-refractivity contribution in [2.45, 2.75) is 32.7 Å². The molecule has 0 aromatic heterocycles. The molecule has 0 fully saturated rings. The van der Waals surface area contributed by atoms with E-state index in [2.05, 4.69) is 12.2 Å². The van der Waals surface area contributed by atoms with Crippen molar-refractivity contribution in [3.63, 3.8) is 0 Å². The van der Waals surface area contributed by atoms with Gasteiger partial charge in [-0.3, -0.25) is 0 Å². The van der Waals surface area contributed by atoms with Gasteiger partial charge in [0.2, 0.25) is 0 Å². The molecule has 2 rings (SSSR count). The lowest BCUT2D eigenvalue weighted by molar-refractivity contribution is 0.219. The third-order valence-corrected chi connectivity index (χ3v) is 3.14. The Bertz CT molecular complexity index is 422. The second-order valence-corrected chi connectivity index (χ2v) is 4.72. The van der Waals surface area contributed by atoms with E-state index in [0.29, 0.717) is 0 Å². The van der Waals surface area contributed by atoms with Crippen LogP contribution in [0.15, 0.2) is 30.0 Å². The highest BCUT2D eigenvalue weighted by atomic mass is 19.1. The van der Waals surface area contributed by atoms with Gasteiger partial charge in [-0.15, -0.1) is 0 Å². The van der Waals surface area contributed by atoms with Gasteiger partial charge in [0, 0.05) is 0 Å². The Labute approximate surface area is 108 Å². The maximum atomic E-state index is 13.5. The summed E-state index contributed by atoms with van der Waals surface area (Å²) in [4.78, 5) is 0. The van der Waals surface area contributed by atoms with Crippen molar-refractivity contribution in [2.24, 2.45) is 0 Å². The average Bonchev–Trinajstić information content (AvgIpc) is 2.36. The number of halogens is 1. The van der Waals surface area contributed by atoms with Crippen LogP contribution in [-0.4, -0.2) is 13.2 Å². The van der Waals surface area contributed by atoms with Crippen molar-refractivity contribution in [3.05, 3.63) is 47.0 Å². The minimum atomic E-state index is -0.176. The van der Waals surface area contributed by atoms with E-state index < -0.39 is 0 Å². The average molecular weight is 249 g/mol. The summed E-state index contributed by atoms with van der Waals surface area (Å²) in [5.74, 6) is -0.176. The molecule has 1 aliphatic heterocycles. The van der Waals surface area contributed by atoms with E-state index in [-0.39, 0.29) is 11.9 Å². The van der Waals surface area contributed by atoms with Gasteiger partial charge in [0.25, 0.3) is 0 Å². The molecule has 0 spiro atoms. The minimum Gasteiger partial charge on any atom is -0.501 e. The van der Waals surface area contributed by atoms with Crippen LogP contribution in [-0.2, 0) is 4.74 Å². The highest BCUT2D eigenvalue weighted by Crippen LogP contribution is 2.28. The Kier molecular flexibility index (Phi) is 4.37. The molecule has 1 aliphatic rings. The molecule has 1 unspecified atom stereocenters. The van der Waals surface area contributed by atoms with E-state index in [9.17, 15) is 4.39 Å². The third kappa shape index (κ3) is 3.10. The SMILES string of the molecule is CCNC(C1=COCCC1)c1cc(C)cc(F)c1. The van der Waals surface area contributed by atoms with E-state index >= 15 is 0 Å². The van der Waals surface area contributed by atoms with E-state index in [1.807, 2.05) is 19.3 Å². The number of hydrogen-bond acceptors (Lipinski definition) is 2. The Morgan fingerprint density at radius 3 is 2.83 bits per heavy atom. The van der Waals surface area contributed by atoms with Crippen LogP contribution in [0.5, 0.6) is 0 Å². The zero-order valence-corrected chi connectivity index (χ0v) is 11.0. The fourth-order valence-electron chi connectivity index (χ4n) is 2.40. The molecule has 1 atom stereocenters. The van der Waals surface area contributed by atoms with Crippen LogP contribution in [0, 0.1) is 12.7 Å². The number of benzene rings is 1. The smallest absolute Gasteiger partial charge is 0.123 e. The number of ether oxygens (including phenoxy) is 1. The second-order valence-electron chi connectivity index (χ2n) is 4.72. The molecule has 98 valence electrons. The summed E-state index contributed by atoms with van der Waals surface area (Å²) in [7, 11) is 0. The maximum absolute atomic E-state index is 13.5. The Morgan fingerprint density at radius 1 is 1.39 bits per heavy atom. The number of rotatable bonds is 4. The van der Waals surface area contributed by atoms with E-state index in [4.69, 9.17) is 4.74 Å². The highest BCUT2D eigenvalue weighted by molar-refractivity contribution is 5.32. The predicted octanol–water partition coefficient (Wildman–Crippen LogP) is 3.48. The summed E-state index contributed by atoms with van der Waals surface area (Å²) in [6, 6.07) is 5.25. The molecule has 0 bridgehead atoms. The molecular formula is C15H20FNO. The van der Waals surface area contributed by atoms with Crippen LogP contribution in [0.2, 0.25) is 0 Å². The molecule has 18 heavy (non-hydrogen) atoms. The zero-order chi connectivity index (χ0) is 13.0. The predicted molar refractivity (Wildman–Crippen MR) is 70.8 cm³/mol. The largest absolute Gasteiger partial charge is 0.501 e. The van der Waals surface area contributed by atoms with Gasteiger partial charge in [-0.2, -0.15) is 0 Å². The first-order chi connectivity index (χ1) is 8.70. The first-order valence-corrected chi connectivity index (χ1v) is 6.51. The van der Waals surface area contributed by atoms with Crippen LogP contribution in [0.25, 0.3) is 0 Å². The lowest BCUT2D eigenvalue weighted by Gasteiger charge is -2.24. The van der Waals surface area contributed by atoms with Gasteiger partial charge in [0.05, 0.1) is 18.9 Å². The molecule has 3 heteroatoms. The maximum Gasteiger partial charge on any atom is 0.123 e. The van der Waals surface area contributed by atoms with Gasteiger partial charge >= 0.3 is 0 Å². The van der Waals surface area contributed by atoms with Crippen LogP contribution < -0.4 is 5.32 Å². The van der Waals surface area contributed by atoms with Gasteiger partial charge in [0.1, 0.15) is 5.82 Å². The molecule has 2 nitrogen and oxygen atoms in total. The first kappa shape index (κ1) is 13.1. The normalized spacial score (nSPS) is 16.9. The number of likely N-dealkylation sites (N-methyl/N-ethyl adjacent to an activating group) is 1. The topological polar surface area (TPSA) is 21.3 Å². The summed E-state index contributed by atoms with van der Waals surface area (Å²) in [6.07, 6.45) is 3.87. The first-order valence-electron chi connectivity index (χ1n) is 6.51. The Balaban J connectivity index is 2.31. The Hall–Kier alpha value is -1.35. The van der Waals surface area contributed by atoms with E-state index in [1.54, 1.807) is 12.1 Å². The fraction of sp³-hybridized carbons (Fsp3) is 0.467. The quantitative estimate of drug-likeness (QED) is 0.882. The van der Waals surface area contributed by atoms with Crippen LogP contribution in [0.4, 0.5) is 4.39 Å². The van der Waals surface area contributed by atoms with Gasteiger partial charge in [-0.05, 0) is 55.1 Å². The third-order valence-electron chi connectivity index (χ3n) is 3.14. The molecule has 1 aromatic carbocycles. The van der Waals surface area contributed by atoms with Crippen molar-refractivity contribution in [2.75, 3.05) is 13.2 Å². The van der Waals surface area contributed by atoms with Gasteiger partial charge in [-0.1, -0.05) is 13.0 Å². The lowest BCUT2D eigenvalue weighted by atomic mass is 9.94. The summed E-state index contributed by atoms with van der Waals surface area (Å²) >= 11 is 0. The molecule has 1 N–H and O–H groups in total. The van der Waals surface area contributed by atoms with Gasteiger partial charge in [0.15, 0.2) is 0 Å². The highest BCUT2D eigenvalue weighted by Gasteiger charge is 2.19. The lowest BCUT2D eigenvalue weighted by Crippen LogP contribution is -2.24. The molecule has 1 aromatic rings. The van der Waals surface area contributed by atoms with Crippen LogP contribution in [0.1, 0.15) is 36.9 Å². The zero-order valence-electron chi connectivity index (χ0n) is 11.0. The summed E-state index contributed by atoms with van der Waals surface area (Å²) < 4.78 is 18.9. The molecule has 0 aliphatic carbocycles. The van der Waals surface area contributed by atoms with E-state index in [0.717, 1.165) is 37.1 Å². The van der Waals surface area contributed by atoms with Crippen molar-refractivity contribution in [3.8, 4) is 0 Å². The number of aryl methyl sites for hydroxylation is 1. The molecule has 0 amide bonds. The summed E-state index contributed by atoms with van der Waals surface area (Å²) in [6.45, 7) is 5.60. The standard InChI is InChI=1S/C15H20FNO/c1-3-17-15(12-5-4-6-18-10-12)13-7-11(2)8-14(16)9-13/h7-10,15,17H,3-6H2,1-2H3. The second kappa shape index (κ2) is 6.01. The number of hydrogen-bond donors (Lipinski definition) is 1. The van der Waals surface area contributed by atoms with Crippen molar-refractivity contribution < 1.29 is 9.13 Å². The molecule has 0 saturated heterocycles. The van der Waals surface area contributed by atoms with Crippen molar-refractivity contribution in [1.82, 2.24) is 5.32 Å². The van der Waals surface area contributed by atoms with Gasteiger partial charge in [-0.25, -0.2) is 4.39 Å². The molecule has 1 heterocycles. The van der Waals surface area contributed by atoms with E-state index in [1.165, 1.54) is 5.57 Å². The minimum absolute atomic E-state index is 0.0599. The monoisotopic (exact) mass is 249 g/mol. The summed E-state index contributed by atoms with van der Waals surface area (Å²) in [5.41, 5.74) is 3.13. The van der Waals surface area contributed by atoms with Crippen LogP contribution in [0.3, 0.4) is 0 Å². The molecular weight excluding hydrogens is 229 g/mol. The van der Waals surface area contributed by atoms with Crippen molar-refractivity contribution >= 4 is 0 Å². The van der Waals surface area contributed by atoms with Crippen LogP contribution >= 0.6 is 0 Å². The summed E-state index contributed by atoms with van der Waals surface area (Å²) in [5, 5.41) is 3.41. The number of nitrogens with one attached hydrogen (secondary N) is 1. The van der Waals surface area contributed by atoms with Crippen molar-refractivity contribution in [1.29, 1.82) is 0 Å².